The van der Waals surface area contributed by atoms with E-state index in [-0.39, 0.29) is 6.42 Å². The predicted octanol–water partition coefficient (Wildman–Crippen LogP) is -1.45. The van der Waals surface area contributed by atoms with Crippen LogP contribution in [-0.2, 0) is 16.0 Å². The normalized spacial score (nSPS) is 32.8. The molecule has 1 heterocycles. The van der Waals surface area contributed by atoms with E-state index in [4.69, 9.17) is 4.74 Å². The number of hydrogen-bond donors (Lipinski definition) is 5. The van der Waals surface area contributed by atoms with Crippen LogP contribution in [0.25, 0.3) is 0 Å². The SMILES string of the molecule is O=C(O)[C@H](Cc1ccccc1)N=C[C@@]1(O)OC[C@@H](O)[C@@H](O)[C@@H]1O. The predicted molar refractivity (Wildman–Crippen MR) is 79.0 cm³/mol. The molecule has 8 nitrogen and oxygen atoms in total. The van der Waals surface area contributed by atoms with Crippen molar-refractivity contribution >= 4 is 12.2 Å². The maximum atomic E-state index is 11.3. The summed E-state index contributed by atoms with van der Waals surface area (Å²) in [6.45, 7) is -0.419. The number of carbonyl (C=O) groups is 1. The molecule has 5 atom stereocenters. The average molecular weight is 325 g/mol. The number of rotatable bonds is 5. The van der Waals surface area contributed by atoms with Gasteiger partial charge in [-0.15, -0.1) is 0 Å². The molecule has 1 aromatic carbocycles. The van der Waals surface area contributed by atoms with Gasteiger partial charge < -0.3 is 30.3 Å². The minimum atomic E-state index is -2.36. The quantitative estimate of drug-likeness (QED) is 0.417. The first-order valence-corrected chi connectivity index (χ1v) is 7.05. The van der Waals surface area contributed by atoms with E-state index in [1.54, 1.807) is 30.3 Å². The van der Waals surface area contributed by atoms with Crippen molar-refractivity contribution in [2.24, 2.45) is 4.99 Å². The molecule has 1 saturated heterocycles. The number of nitrogens with zero attached hydrogens (tertiary/aromatic N) is 1. The first kappa shape index (κ1) is 17.5. The Morgan fingerprint density at radius 2 is 2.00 bits per heavy atom. The highest BCUT2D eigenvalue weighted by atomic mass is 16.6. The van der Waals surface area contributed by atoms with E-state index in [0.29, 0.717) is 0 Å². The maximum absolute atomic E-state index is 11.3. The zero-order valence-electron chi connectivity index (χ0n) is 12.2. The van der Waals surface area contributed by atoms with Crippen LogP contribution in [0.1, 0.15) is 5.56 Å². The van der Waals surface area contributed by atoms with Gasteiger partial charge in [0.25, 0.3) is 0 Å². The van der Waals surface area contributed by atoms with Crippen LogP contribution in [0.5, 0.6) is 0 Å². The Morgan fingerprint density at radius 3 is 2.61 bits per heavy atom. The zero-order valence-corrected chi connectivity index (χ0v) is 12.2. The van der Waals surface area contributed by atoms with Crippen molar-refractivity contribution in [1.29, 1.82) is 0 Å². The van der Waals surface area contributed by atoms with Crippen molar-refractivity contribution in [3.05, 3.63) is 35.9 Å². The second kappa shape index (κ2) is 7.16. The number of aliphatic hydroxyl groups is 4. The van der Waals surface area contributed by atoms with E-state index in [9.17, 15) is 30.3 Å². The highest BCUT2D eigenvalue weighted by molar-refractivity contribution is 5.78. The average Bonchev–Trinajstić information content (AvgIpc) is 2.54. The van der Waals surface area contributed by atoms with Crippen molar-refractivity contribution < 1.29 is 35.1 Å². The highest BCUT2D eigenvalue weighted by Crippen LogP contribution is 2.22. The van der Waals surface area contributed by atoms with Gasteiger partial charge in [-0.3, -0.25) is 4.99 Å². The lowest BCUT2D eigenvalue weighted by atomic mass is 9.97. The Hall–Kier alpha value is -1.84. The summed E-state index contributed by atoms with van der Waals surface area (Å²) in [6.07, 6.45) is -3.98. The summed E-state index contributed by atoms with van der Waals surface area (Å²) < 4.78 is 4.89. The van der Waals surface area contributed by atoms with Crippen LogP contribution >= 0.6 is 0 Å². The fourth-order valence-corrected chi connectivity index (χ4v) is 2.21. The molecule has 2 rings (SSSR count). The van der Waals surface area contributed by atoms with Crippen LogP contribution < -0.4 is 0 Å². The van der Waals surface area contributed by atoms with Crippen LogP contribution in [0.4, 0.5) is 0 Å². The zero-order chi connectivity index (χ0) is 17.0. The second-order valence-electron chi connectivity index (χ2n) is 5.39. The third-order valence-electron chi connectivity index (χ3n) is 3.62. The minimum absolute atomic E-state index is 0.0873. The highest BCUT2D eigenvalue weighted by Gasteiger charge is 2.47. The number of aliphatic imine (C=N–C) groups is 1. The summed E-state index contributed by atoms with van der Waals surface area (Å²) in [7, 11) is 0. The van der Waals surface area contributed by atoms with E-state index in [2.05, 4.69) is 4.99 Å². The van der Waals surface area contributed by atoms with E-state index in [1.807, 2.05) is 0 Å². The fourth-order valence-electron chi connectivity index (χ4n) is 2.21. The van der Waals surface area contributed by atoms with Gasteiger partial charge in [0.05, 0.1) is 12.8 Å². The van der Waals surface area contributed by atoms with Gasteiger partial charge in [-0.2, -0.15) is 0 Å². The molecular weight excluding hydrogens is 306 g/mol. The molecule has 1 aliphatic rings. The lowest BCUT2D eigenvalue weighted by molar-refractivity contribution is -0.283. The van der Waals surface area contributed by atoms with E-state index < -0.39 is 42.7 Å². The monoisotopic (exact) mass is 325 g/mol. The third-order valence-corrected chi connectivity index (χ3v) is 3.62. The number of carboxylic acids is 1. The Bertz CT molecular complexity index is 564. The van der Waals surface area contributed by atoms with Crippen molar-refractivity contribution in [1.82, 2.24) is 0 Å². The Kier molecular flexibility index (Phi) is 5.45. The van der Waals surface area contributed by atoms with Crippen LogP contribution in [-0.4, -0.2) is 74.5 Å². The van der Waals surface area contributed by atoms with Gasteiger partial charge in [-0.05, 0) is 5.56 Å². The Labute approximate surface area is 132 Å². The van der Waals surface area contributed by atoms with Gasteiger partial charge in [-0.25, -0.2) is 4.79 Å². The molecule has 0 radical (unpaired) electrons. The van der Waals surface area contributed by atoms with Crippen LogP contribution in [0.3, 0.4) is 0 Å². The third kappa shape index (κ3) is 4.12. The Morgan fingerprint density at radius 1 is 1.35 bits per heavy atom. The van der Waals surface area contributed by atoms with Gasteiger partial charge in [0.1, 0.15) is 18.3 Å². The van der Waals surface area contributed by atoms with Gasteiger partial charge in [-0.1, -0.05) is 30.3 Å². The fraction of sp³-hybridized carbons (Fsp3) is 0.467. The molecule has 1 aromatic rings. The molecule has 0 spiro atoms. The molecule has 0 bridgehead atoms. The van der Waals surface area contributed by atoms with Crippen molar-refractivity contribution in [2.45, 2.75) is 36.6 Å². The topological polar surface area (TPSA) is 140 Å². The van der Waals surface area contributed by atoms with Gasteiger partial charge in [0.2, 0.25) is 5.79 Å². The number of hydrogen-bond acceptors (Lipinski definition) is 7. The molecule has 1 fully saturated rings. The standard InChI is InChI=1S/C15H19NO7/c17-11-7-23-15(22,13(19)12(11)18)8-16-10(14(20)21)6-9-4-2-1-3-5-9/h1-5,8,10-13,17-19,22H,6-7H2,(H,20,21)/t10-,11+,12+,13-,15+/m0/s1. The molecule has 0 aliphatic carbocycles. The summed E-state index contributed by atoms with van der Waals surface area (Å²) in [5, 5.41) is 48.1. The summed E-state index contributed by atoms with van der Waals surface area (Å²) in [6, 6.07) is 7.61. The maximum Gasteiger partial charge on any atom is 0.328 e. The molecule has 0 saturated carbocycles. The van der Waals surface area contributed by atoms with Crippen molar-refractivity contribution in [3.63, 3.8) is 0 Å². The lowest BCUT2D eigenvalue weighted by Crippen LogP contribution is -2.61. The van der Waals surface area contributed by atoms with Crippen LogP contribution in [0.15, 0.2) is 35.3 Å². The van der Waals surface area contributed by atoms with Gasteiger partial charge in [0.15, 0.2) is 6.04 Å². The van der Waals surface area contributed by atoms with E-state index in [0.717, 1.165) is 11.8 Å². The minimum Gasteiger partial charge on any atom is -0.480 e. The molecule has 0 aromatic heterocycles. The summed E-state index contributed by atoms with van der Waals surface area (Å²) >= 11 is 0. The largest absolute Gasteiger partial charge is 0.480 e. The van der Waals surface area contributed by atoms with Crippen LogP contribution in [0, 0.1) is 0 Å². The first-order valence-electron chi connectivity index (χ1n) is 7.05. The summed E-state index contributed by atoms with van der Waals surface area (Å²) in [5.74, 6) is -3.57. The van der Waals surface area contributed by atoms with E-state index in [1.165, 1.54) is 0 Å². The van der Waals surface area contributed by atoms with Gasteiger partial charge >= 0.3 is 5.97 Å². The van der Waals surface area contributed by atoms with Crippen molar-refractivity contribution in [3.8, 4) is 0 Å². The number of carboxylic acid groups (broad SMARTS) is 1. The number of ether oxygens (including phenoxy) is 1. The second-order valence-corrected chi connectivity index (χ2v) is 5.39. The number of aliphatic carboxylic acids is 1. The molecule has 1 aliphatic heterocycles. The summed E-state index contributed by atoms with van der Waals surface area (Å²) in [4.78, 5) is 15.1. The molecule has 8 heteroatoms. The smallest absolute Gasteiger partial charge is 0.328 e. The Balaban J connectivity index is 2.12. The van der Waals surface area contributed by atoms with E-state index >= 15 is 0 Å². The molecule has 5 N–H and O–H groups in total. The van der Waals surface area contributed by atoms with Crippen molar-refractivity contribution in [2.75, 3.05) is 6.61 Å². The molecule has 126 valence electrons. The van der Waals surface area contributed by atoms with Gasteiger partial charge in [0, 0.05) is 6.42 Å². The molecular formula is C15H19NO7. The first-order chi connectivity index (χ1) is 10.8. The van der Waals surface area contributed by atoms with Crippen LogP contribution in [0.2, 0.25) is 0 Å². The number of aliphatic hydroxyl groups excluding tert-OH is 3. The summed E-state index contributed by atoms with van der Waals surface area (Å²) in [5.41, 5.74) is 0.740. The number of benzene rings is 1. The lowest BCUT2D eigenvalue weighted by Gasteiger charge is -2.39. The molecule has 0 unspecified atom stereocenters. The molecule has 23 heavy (non-hydrogen) atoms. The molecule has 0 amide bonds.